The third-order valence-corrected chi connectivity index (χ3v) is 3.72. The second-order valence-corrected chi connectivity index (χ2v) is 5.80. The summed E-state index contributed by atoms with van der Waals surface area (Å²) < 4.78 is 0. The standard InChI is InChI=1S/C20H23NO3/c1-16(22)24-21-20(23)15-19-13-11-18(12-14-19)10-6-5-9-17-7-3-2-4-8-17/h2-4,7-8,11-14H,5-6,9-10,15H2,1H3,(H,21,23). The molecule has 0 saturated heterocycles. The Balaban J connectivity index is 1.70. The molecule has 0 aliphatic rings. The van der Waals surface area contributed by atoms with Gasteiger partial charge in [0.05, 0.1) is 6.42 Å². The molecule has 0 heterocycles. The molecule has 2 aromatic rings. The van der Waals surface area contributed by atoms with E-state index < -0.39 is 5.97 Å². The molecule has 0 aliphatic carbocycles. The molecule has 1 amide bonds. The Hall–Kier alpha value is -2.62. The number of carbonyl (C=O) groups is 2. The van der Waals surface area contributed by atoms with Crippen molar-refractivity contribution in [1.29, 1.82) is 0 Å². The van der Waals surface area contributed by atoms with E-state index in [1.807, 2.05) is 18.2 Å². The van der Waals surface area contributed by atoms with E-state index in [2.05, 4.69) is 46.7 Å². The van der Waals surface area contributed by atoms with Crippen molar-refractivity contribution in [3.05, 3.63) is 71.3 Å². The zero-order chi connectivity index (χ0) is 17.2. The Kier molecular flexibility index (Phi) is 7.02. The number of hydrogen-bond acceptors (Lipinski definition) is 3. The number of unbranched alkanes of at least 4 members (excludes halogenated alkanes) is 1. The molecule has 0 fully saturated rings. The number of rotatable bonds is 7. The highest BCUT2D eigenvalue weighted by molar-refractivity contribution is 5.79. The van der Waals surface area contributed by atoms with E-state index in [0.29, 0.717) is 0 Å². The Morgan fingerprint density at radius 1 is 0.833 bits per heavy atom. The molecule has 4 nitrogen and oxygen atoms in total. The zero-order valence-corrected chi connectivity index (χ0v) is 14.0. The van der Waals surface area contributed by atoms with E-state index in [1.54, 1.807) is 0 Å². The van der Waals surface area contributed by atoms with Crippen molar-refractivity contribution in [3.63, 3.8) is 0 Å². The number of amides is 1. The Morgan fingerprint density at radius 2 is 1.38 bits per heavy atom. The van der Waals surface area contributed by atoms with E-state index in [9.17, 15) is 9.59 Å². The summed E-state index contributed by atoms with van der Waals surface area (Å²) in [6, 6.07) is 18.5. The van der Waals surface area contributed by atoms with Crippen LogP contribution in [0.4, 0.5) is 0 Å². The minimum atomic E-state index is -0.533. The van der Waals surface area contributed by atoms with E-state index in [4.69, 9.17) is 0 Å². The van der Waals surface area contributed by atoms with Gasteiger partial charge in [-0.1, -0.05) is 54.6 Å². The van der Waals surface area contributed by atoms with Crippen LogP contribution in [0, 0.1) is 0 Å². The summed E-state index contributed by atoms with van der Waals surface area (Å²) in [5.41, 5.74) is 5.66. The lowest BCUT2D eigenvalue weighted by atomic mass is 10.0. The molecule has 0 aromatic heterocycles. The van der Waals surface area contributed by atoms with Gasteiger partial charge < -0.3 is 4.84 Å². The number of nitrogens with one attached hydrogen (secondary N) is 1. The fourth-order valence-electron chi connectivity index (χ4n) is 2.48. The van der Waals surface area contributed by atoms with E-state index in [0.717, 1.165) is 31.2 Å². The van der Waals surface area contributed by atoms with E-state index in [-0.39, 0.29) is 12.3 Å². The van der Waals surface area contributed by atoms with Crippen LogP contribution in [0.3, 0.4) is 0 Å². The Bertz CT molecular complexity index is 650. The van der Waals surface area contributed by atoms with Crippen molar-refractivity contribution < 1.29 is 14.4 Å². The first kappa shape index (κ1) is 17.7. The van der Waals surface area contributed by atoms with Crippen LogP contribution in [0.1, 0.15) is 36.5 Å². The lowest BCUT2D eigenvalue weighted by Gasteiger charge is -2.06. The third kappa shape index (κ3) is 6.65. The van der Waals surface area contributed by atoms with Crippen LogP contribution in [0.5, 0.6) is 0 Å². The van der Waals surface area contributed by atoms with E-state index >= 15 is 0 Å². The first-order valence-electron chi connectivity index (χ1n) is 8.21. The summed E-state index contributed by atoms with van der Waals surface area (Å²) in [5.74, 6) is -0.866. The second-order valence-electron chi connectivity index (χ2n) is 5.80. The fraction of sp³-hybridized carbons (Fsp3) is 0.300. The SMILES string of the molecule is CC(=O)ONC(=O)Cc1ccc(CCCCc2ccccc2)cc1. The molecule has 0 unspecified atom stereocenters. The van der Waals surface area contributed by atoms with Gasteiger partial charge in [0, 0.05) is 6.92 Å². The smallest absolute Gasteiger partial charge is 0.329 e. The van der Waals surface area contributed by atoms with Gasteiger partial charge in [0.1, 0.15) is 0 Å². The third-order valence-electron chi connectivity index (χ3n) is 3.72. The van der Waals surface area contributed by atoms with Gasteiger partial charge in [-0.05, 0) is 42.4 Å². The molecule has 0 spiro atoms. The van der Waals surface area contributed by atoms with Gasteiger partial charge in [-0.25, -0.2) is 0 Å². The van der Waals surface area contributed by atoms with Crippen LogP contribution in [0.25, 0.3) is 0 Å². The molecule has 0 aliphatic heterocycles. The molecule has 0 atom stereocenters. The Labute approximate surface area is 142 Å². The summed E-state index contributed by atoms with van der Waals surface area (Å²) in [5, 5.41) is 0. The molecule has 1 N–H and O–H groups in total. The molecular formula is C20H23NO3. The molecule has 0 saturated carbocycles. The van der Waals surface area contributed by atoms with Gasteiger partial charge >= 0.3 is 5.97 Å². The minimum absolute atomic E-state index is 0.196. The zero-order valence-electron chi connectivity index (χ0n) is 14.0. The molecule has 2 aromatic carbocycles. The van der Waals surface area contributed by atoms with Crippen LogP contribution < -0.4 is 5.48 Å². The molecule has 2 rings (SSSR count). The maximum Gasteiger partial charge on any atom is 0.329 e. The van der Waals surface area contributed by atoms with Crippen LogP contribution in [0.2, 0.25) is 0 Å². The quantitative estimate of drug-likeness (QED) is 0.627. The molecular weight excluding hydrogens is 302 g/mol. The maximum atomic E-state index is 11.6. The van der Waals surface area contributed by atoms with Crippen molar-refractivity contribution in [2.45, 2.75) is 39.0 Å². The first-order valence-corrected chi connectivity index (χ1v) is 8.21. The average Bonchev–Trinajstić information content (AvgIpc) is 2.59. The van der Waals surface area contributed by atoms with Crippen LogP contribution in [-0.2, 0) is 33.7 Å². The number of hydroxylamine groups is 1. The van der Waals surface area contributed by atoms with Crippen molar-refractivity contribution >= 4 is 11.9 Å². The van der Waals surface area contributed by atoms with Gasteiger partial charge in [0.2, 0.25) is 0 Å². The molecule has 24 heavy (non-hydrogen) atoms. The largest absolute Gasteiger partial charge is 0.341 e. The van der Waals surface area contributed by atoms with Crippen molar-refractivity contribution in [2.24, 2.45) is 0 Å². The number of aryl methyl sites for hydroxylation is 2. The summed E-state index contributed by atoms with van der Waals surface area (Å²) in [4.78, 5) is 26.6. The van der Waals surface area contributed by atoms with Crippen LogP contribution in [-0.4, -0.2) is 11.9 Å². The van der Waals surface area contributed by atoms with Gasteiger partial charge in [0.25, 0.3) is 5.91 Å². The predicted molar refractivity (Wildman–Crippen MR) is 93.1 cm³/mol. The highest BCUT2D eigenvalue weighted by Crippen LogP contribution is 2.11. The van der Waals surface area contributed by atoms with Crippen LogP contribution >= 0.6 is 0 Å². The van der Waals surface area contributed by atoms with E-state index in [1.165, 1.54) is 18.1 Å². The molecule has 126 valence electrons. The first-order chi connectivity index (χ1) is 11.6. The lowest BCUT2D eigenvalue weighted by Crippen LogP contribution is -2.27. The summed E-state index contributed by atoms with van der Waals surface area (Å²) in [6.07, 6.45) is 4.64. The predicted octanol–water partition coefficient (Wildman–Crippen LogP) is 3.39. The number of hydrogen-bond donors (Lipinski definition) is 1. The highest BCUT2D eigenvalue weighted by Gasteiger charge is 2.05. The van der Waals surface area contributed by atoms with Crippen molar-refractivity contribution in [3.8, 4) is 0 Å². The normalized spacial score (nSPS) is 10.2. The molecule has 0 bridgehead atoms. The minimum Gasteiger partial charge on any atom is -0.341 e. The summed E-state index contributed by atoms with van der Waals surface area (Å²) >= 11 is 0. The monoisotopic (exact) mass is 325 g/mol. The van der Waals surface area contributed by atoms with Gasteiger partial charge in [-0.2, -0.15) is 5.48 Å². The van der Waals surface area contributed by atoms with Crippen molar-refractivity contribution in [2.75, 3.05) is 0 Å². The number of carbonyl (C=O) groups excluding carboxylic acids is 2. The highest BCUT2D eigenvalue weighted by atomic mass is 16.7. The average molecular weight is 325 g/mol. The molecule has 0 radical (unpaired) electrons. The van der Waals surface area contributed by atoms with Crippen molar-refractivity contribution in [1.82, 2.24) is 5.48 Å². The lowest BCUT2D eigenvalue weighted by molar-refractivity contribution is -0.155. The molecule has 4 heteroatoms. The maximum absolute atomic E-state index is 11.6. The second kappa shape index (κ2) is 9.50. The number of benzene rings is 2. The summed E-state index contributed by atoms with van der Waals surface area (Å²) in [6.45, 7) is 1.24. The fourth-order valence-corrected chi connectivity index (χ4v) is 2.48. The van der Waals surface area contributed by atoms with Crippen LogP contribution in [0.15, 0.2) is 54.6 Å². The topological polar surface area (TPSA) is 55.4 Å². The summed E-state index contributed by atoms with van der Waals surface area (Å²) in [7, 11) is 0. The van der Waals surface area contributed by atoms with Gasteiger partial charge in [-0.3, -0.25) is 9.59 Å². The van der Waals surface area contributed by atoms with Gasteiger partial charge in [-0.15, -0.1) is 0 Å². The Morgan fingerprint density at radius 3 is 1.96 bits per heavy atom. The van der Waals surface area contributed by atoms with Gasteiger partial charge in [0.15, 0.2) is 0 Å².